The van der Waals surface area contributed by atoms with E-state index in [-0.39, 0.29) is 12.3 Å². The van der Waals surface area contributed by atoms with Crippen LogP contribution in [0.4, 0.5) is 5.82 Å². The third-order valence-electron chi connectivity index (χ3n) is 3.89. The van der Waals surface area contributed by atoms with Crippen LogP contribution in [0, 0.1) is 11.3 Å². The van der Waals surface area contributed by atoms with Crippen molar-refractivity contribution in [2.45, 2.75) is 38.1 Å². The largest absolute Gasteiger partial charge is 0.310 e. The molecule has 0 saturated heterocycles. The highest BCUT2D eigenvalue weighted by Gasteiger charge is 2.22. The molecule has 1 aliphatic carbocycles. The number of hydrogen-bond donors (Lipinski definition) is 1. The molecule has 112 valence electrons. The second-order valence-electron chi connectivity index (χ2n) is 5.46. The first-order valence-corrected chi connectivity index (χ1v) is 7.40. The van der Waals surface area contributed by atoms with Crippen molar-refractivity contribution in [3.63, 3.8) is 0 Å². The Hall–Kier alpha value is -2.68. The number of rotatable bonds is 5. The van der Waals surface area contributed by atoms with Crippen LogP contribution in [-0.4, -0.2) is 20.7 Å². The van der Waals surface area contributed by atoms with Crippen LogP contribution in [0.5, 0.6) is 0 Å². The molecule has 2 heterocycles. The quantitative estimate of drug-likeness (QED) is 0.917. The van der Waals surface area contributed by atoms with E-state index in [1.54, 1.807) is 24.5 Å². The molecule has 0 unspecified atom stereocenters. The number of nitrogens with zero attached hydrogens (tertiary/aromatic N) is 4. The molecule has 1 N–H and O–H groups in total. The first kappa shape index (κ1) is 14.3. The maximum Gasteiger partial charge on any atom is 0.231 e. The zero-order chi connectivity index (χ0) is 15.4. The van der Waals surface area contributed by atoms with E-state index in [2.05, 4.69) is 21.5 Å². The molecule has 0 aromatic carbocycles. The molecule has 0 spiro atoms. The molecule has 6 heteroatoms. The summed E-state index contributed by atoms with van der Waals surface area (Å²) in [7, 11) is 0. The van der Waals surface area contributed by atoms with Crippen LogP contribution in [0.2, 0.25) is 0 Å². The van der Waals surface area contributed by atoms with Crippen LogP contribution >= 0.6 is 0 Å². The van der Waals surface area contributed by atoms with Crippen molar-refractivity contribution in [2.75, 3.05) is 5.32 Å². The van der Waals surface area contributed by atoms with Gasteiger partial charge in [-0.2, -0.15) is 10.4 Å². The normalized spacial score (nSPS) is 14.1. The Labute approximate surface area is 128 Å². The smallest absolute Gasteiger partial charge is 0.231 e. The monoisotopic (exact) mass is 295 g/mol. The highest BCUT2D eigenvalue weighted by Crippen LogP contribution is 2.31. The summed E-state index contributed by atoms with van der Waals surface area (Å²) in [6.45, 7) is 0. The zero-order valence-electron chi connectivity index (χ0n) is 12.2. The number of nitrogens with one attached hydrogen (secondary N) is 1. The van der Waals surface area contributed by atoms with E-state index in [4.69, 9.17) is 5.26 Å². The van der Waals surface area contributed by atoms with Gasteiger partial charge in [0.15, 0.2) is 0 Å². The van der Waals surface area contributed by atoms with Gasteiger partial charge in [0.2, 0.25) is 5.91 Å². The van der Waals surface area contributed by atoms with E-state index in [1.807, 2.05) is 10.7 Å². The summed E-state index contributed by atoms with van der Waals surface area (Å²) >= 11 is 0. The van der Waals surface area contributed by atoms with Crippen molar-refractivity contribution in [3.8, 4) is 6.07 Å². The Morgan fingerprint density at radius 1 is 1.41 bits per heavy atom. The highest BCUT2D eigenvalue weighted by molar-refractivity contribution is 5.91. The number of carbonyl (C=O) groups is 1. The number of amides is 1. The molecule has 1 aliphatic rings. The van der Waals surface area contributed by atoms with E-state index < -0.39 is 0 Å². The van der Waals surface area contributed by atoms with Crippen LogP contribution in [-0.2, 0) is 17.6 Å². The first-order valence-electron chi connectivity index (χ1n) is 7.40. The molecule has 1 amide bonds. The van der Waals surface area contributed by atoms with Gasteiger partial charge in [0.05, 0.1) is 25.0 Å². The van der Waals surface area contributed by atoms with Crippen LogP contribution < -0.4 is 5.32 Å². The fourth-order valence-electron chi connectivity index (χ4n) is 2.54. The van der Waals surface area contributed by atoms with Crippen molar-refractivity contribution in [2.24, 2.45) is 0 Å². The minimum absolute atomic E-state index is 0.123. The molecule has 0 bridgehead atoms. The van der Waals surface area contributed by atoms with Crippen LogP contribution in [0.25, 0.3) is 0 Å². The molecule has 0 radical (unpaired) electrons. The number of hydrogen-bond acceptors (Lipinski definition) is 4. The Balaban J connectivity index is 1.64. The summed E-state index contributed by atoms with van der Waals surface area (Å²) in [5, 5.41) is 15.8. The van der Waals surface area contributed by atoms with Gasteiger partial charge >= 0.3 is 0 Å². The lowest BCUT2D eigenvalue weighted by Gasteiger charge is -2.27. The van der Waals surface area contributed by atoms with E-state index in [9.17, 15) is 4.79 Å². The van der Waals surface area contributed by atoms with E-state index in [0.717, 1.165) is 24.1 Å². The Kier molecular flexibility index (Phi) is 4.15. The van der Waals surface area contributed by atoms with Crippen molar-refractivity contribution < 1.29 is 4.79 Å². The Morgan fingerprint density at radius 3 is 3.00 bits per heavy atom. The van der Waals surface area contributed by atoms with Gasteiger partial charge in [-0.1, -0.05) is 0 Å². The minimum atomic E-state index is -0.123. The molecular formula is C16H17N5O. The van der Waals surface area contributed by atoms with Gasteiger partial charge in [0, 0.05) is 18.1 Å². The number of pyridine rings is 1. The molecule has 3 rings (SSSR count). The van der Waals surface area contributed by atoms with Gasteiger partial charge < -0.3 is 5.32 Å². The number of carbonyl (C=O) groups excluding carboxylic acids is 1. The molecule has 0 aliphatic heterocycles. The molecule has 6 nitrogen and oxygen atoms in total. The molecule has 0 atom stereocenters. The van der Waals surface area contributed by atoms with Crippen molar-refractivity contribution in [3.05, 3.63) is 41.9 Å². The second-order valence-corrected chi connectivity index (χ2v) is 5.46. The Morgan fingerprint density at radius 2 is 2.27 bits per heavy atom. The predicted molar refractivity (Wildman–Crippen MR) is 81.0 cm³/mol. The molecule has 22 heavy (non-hydrogen) atoms. The van der Waals surface area contributed by atoms with Crippen molar-refractivity contribution in [1.29, 1.82) is 5.26 Å². The average Bonchev–Trinajstić information content (AvgIpc) is 2.85. The standard InChI is InChI=1S/C16H17N5O/c17-7-4-12-5-8-18-15(10-12)20-16(22)11-14-6-9-19-21(14)13-2-1-3-13/h5-6,8-10,13H,1-4,11H2,(H,18,20,22). The fraction of sp³-hybridized carbons (Fsp3) is 0.375. The first-order chi connectivity index (χ1) is 10.8. The van der Waals surface area contributed by atoms with E-state index in [1.165, 1.54) is 6.42 Å². The topological polar surface area (TPSA) is 83.6 Å². The maximum atomic E-state index is 12.2. The van der Waals surface area contributed by atoms with Crippen LogP contribution in [0.15, 0.2) is 30.6 Å². The van der Waals surface area contributed by atoms with Gasteiger partial charge in [0.1, 0.15) is 5.82 Å². The van der Waals surface area contributed by atoms with Crippen molar-refractivity contribution in [1.82, 2.24) is 14.8 Å². The van der Waals surface area contributed by atoms with Crippen LogP contribution in [0.3, 0.4) is 0 Å². The maximum absolute atomic E-state index is 12.2. The Bertz CT molecular complexity index is 711. The van der Waals surface area contributed by atoms with Gasteiger partial charge in [-0.05, 0) is 43.0 Å². The molecular weight excluding hydrogens is 278 g/mol. The summed E-state index contributed by atoms with van der Waals surface area (Å²) in [6.07, 6.45) is 7.42. The lowest BCUT2D eigenvalue weighted by molar-refractivity contribution is -0.115. The van der Waals surface area contributed by atoms with Gasteiger partial charge in [-0.3, -0.25) is 9.48 Å². The molecule has 2 aromatic rings. The minimum Gasteiger partial charge on any atom is -0.310 e. The van der Waals surface area contributed by atoms with E-state index >= 15 is 0 Å². The fourth-order valence-corrected chi connectivity index (χ4v) is 2.54. The second kappa shape index (κ2) is 6.39. The van der Waals surface area contributed by atoms with E-state index in [0.29, 0.717) is 18.3 Å². The third-order valence-corrected chi connectivity index (χ3v) is 3.89. The number of anilines is 1. The zero-order valence-corrected chi connectivity index (χ0v) is 12.2. The molecule has 1 saturated carbocycles. The predicted octanol–water partition coefficient (Wildman–Crippen LogP) is 2.25. The van der Waals surface area contributed by atoms with Crippen LogP contribution in [0.1, 0.15) is 36.6 Å². The van der Waals surface area contributed by atoms with Gasteiger partial charge in [0.25, 0.3) is 0 Å². The number of aromatic nitrogens is 3. The number of nitriles is 1. The average molecular weight is 295 g/mol. The molecule has 2 aromatic heterocycles. The van der Waals surface area contributed by atoms with Gasteiger partial charge in [-0.15, -0.1) is 0 Å². The van der Waals surface area contributed by atoms with Crippen molar-refractivity contribution >= 4 is 11.7 Å². The summed E-state index contributed by atoms with van der Waals surface area (Å²) in [5.41, 5.74) is 1.77. The molecule has 1 fully saturated rings. The SMILES string of the molecule is N#CCc1ccnc(NC(=O)Cc2ccnn2C2CCC2)c1. The summed E-state index contributed by atoms with van der Waals surface area (Å²) in [4.78, 5) is 16.3. The van der Waals surface area contributed by atoms with Gasteiger partial charge in [-0.25, -0.2) is 4.98 Å². The highest BCUT2D eigenvalue weighted by atomic mass is 16.1. The summed E-state index contributed by atoms with van der Waals surface area (Å²) in [5.74, 6) is 0.357. The lowest BCUT2D eigenvalue weighted by Crippen LogP contribution is -2.23. The summed E-state index contributed by atoms with van der Waals surface area (Å²) in [6, 6.07) is 7.90. The summed E-state index contributed by atoms with van der Waals surface area (Å²) < 4.78 is 1.96. The third kappa shape index (κ3) is 3.14. The lowest BCUT2D eigenvalue weighted by atomic mass is 9.93.